The summed E-state index contributed by atoms with van der Waals surface area (Å²) in [6.45, 7) is 0.398. The van der Waals surface area contributed by atoms with Crippen molar-refractivity contribution in [2.75, 3.05) is 16.2 Å². The molecule has 4 aromatic rings. The Morgan fingerprint density at radius 3 is 2.61 bits per heavy atom. The maximum atomic E-state index is 13.2. The number of hydrogen-bond donors (Lipinski definition) is 1. The summed E-state index contributed by atoms with van der Waals surface area (Å²) in [5.74, 6) is -0.289. The number of hydrogen-bond acceptors (Lipinski definition) is 6. The molecule has 3 aromatic carbocycles. The molecule has 31 heavy (non-hydrogen) atoms. The third-order valence-corrected chi connectivity index (χ3v) is 7.65. The molecule has 0 fully saturated rings. The van der Waals surface area contributed by atoms with E-state index in [4.69, 9.17) is 0 Å². The number of carbonyl (C=O) groups is 1. The van der Waals surface area contributed by atoms with E-state index in [9.17, 15) is 13.2 Å². The van der Waals surface area contributed by atoms with E-state index in [0.717, 1.165) is 35.6 Å². The van der Waals surface area contributed by atoms with Crippen LogP contribution >= 0.6 is 11.7 Å². The van der Waals surface area contributed by atoms with Gasteiger partial charge < -0.3 is 5.32 Å². The molecule has 0 unspecified atom stereocenters. The van der Waals surface area contributed by atoms with Crippen molar-refractivity contribution in [3.05, 3.63) is 77.9 Å². The minimum Gasteiger partial charge on any atom is -0.322 e. The first kappa shape index (κ1) is 19.7. The molecule has 1 aliphatic heterocycles. The van der Waals surface area contributed by atoms with E-state index in [1.165, 1.54) is 4.31 Å². The Kier molecular flexibility index (Phi) is 4.91. The maximum Gasteiger partial charge on any atom is 0.264 e. The number of sulfonamides is 1. The normalized spacial score (nSPS) is 13.7. The smallest absolute Gasteiger partial charge is 0.264 e. The molecular weight excluding hydrogens is 432 g/mol. The predicted octanol–water partition coefficient (Wildman–Crippen LogP) is 4.09. The first-order chi connectivity index (χ1) is 15.0. The van der Waals surface area contributed by atoms with Crippen LogP contribution in [0.3, 0.4) is 0 Å². The zero-order chi connectivity index (χ0) is 21.4. The molecule has 1 amide bonds. The fourth-order valence-corrected chi connectivity index (χ4v) is 5.79. The van der Waals surface area contributed by atoms with Crippen molar-refractivity contribution < 1.29 is 13.2 Å². The first-order valence-corrected chi connectivity index (χ1v) is 11.9. The van der Waals surface area contributed by atoms with Gasteiger partial charge in [0.05, 0.1) is 22.3 Å². The summed E-state index contributed by atoms with van der Waals surface area (Å²) in [7, 11) is -3.68. The van der Waals surface area contributed by atoms with Crippen LogP contribution in [0.2, 0.25) is 0 Å². The molecule has 2 heterocycles. The number of amides is 1. The standard InChI is InChI=1S/C22H18N4O3S2/c27-22(16-9-11-19-20(13-16)25-30-24-19)23-17-10-8-15-5-4-12-26(21(15)14-17)31(28,29)18-6-2-1-3-7-18/h1-3,6-11,13-14H,4-5,12H2,(H,23,27). The predicted molar refractivity (Wildman–Crippen MR) is 121 cm³/mol. The number of fused-ring (bicyclic) bond motifs is 2. The summed E-state index contributed by atoms with van der Waals surface area (Å²) in [6, 6.07) is 19.0. The van der Waals surface area contributed by atoms with Crippen molar-refractivity contribution in [2.24, 2.45) is 0 Å². The Morgan fingerprint density at radius 1 is 0.968 bits per heavy atom. The number of nitrogens with zero attached hydrogens (tertiary/aromatic N) is 3. The lowest BCUT2D eigenvalue weighted by Gasteiger charge is -2.31. The largest absolute Gasteiger partial charge is 0.322 e. The molecular formula is C22H18N4O3S2. The van der Waals surface area contributed by atoms with Gasteiger partial charge in [-0.25, -0.2) is 8.42 Å². The zero-order valence-corrected chi connectivity index (χ0v) is 18.0. The molecule has 0 atom stereocenters. The van der Waals surface area contributed by atoms with Gasteiger partial charge in [0, 0.05) is 17.8 Å². The Hall–Kier alpha value is -3.30. The second-order valence-corrected chi connectivity index (χ2v) is 9.65. The molecule has 5 rings (SSSR count). The highest BCUT2D eigenvalue weighted by Gasteiger charge is 2.29. The average molecular weight is 451 g/mol. The van der Waals surface area contributed by atoms with Crippen LogP contribution in [0.25, 0.3) is 11.0 Å². The molecule has 1 N–H and O–H groups in total. The summed E-state index contributed by atoms with van der Waals surface area (Å²) in [6.07, 6.45) is 1.53. The fraction of sp³-hybridized carbons (Fsp3) is 0.136. The van der Waals surface area contributed by atoms with Crippen molar-refractivity contribution in [1.82, 2.24) is 8.75 Å². The van der Waals surface area contributed by atoms with Crippen LogP contribution < -0.4 is 9.62 Å². The van der Waals surface area contributed by atoms with Crippen LogP contribution in [-0.2, 0) is 16.4 Å². The van der Waals surface area contributed by atoms with Gasteiger partial charge in [0.25, 0.3) is 15.9 Å². The molecule has 0 spiro atoms. The summed E-state index contributed by atoms with van der Waals surface area (Å²) in [5.41, 5.74) is 3.97. The van der Waals surface area contributed by atoms with Crippen molar-refractivity contribution in [3.8, 4) is 0 Å². The molecule has 1 aliphatic rings. The van der Waals surface area contributed by atoms with Crippen LogP contribution in [0.15, 0.2) is 71.6 Å². The summed E-state index contributed by atoms with van der Waals surface area (Å²) >= 11 is 1.10. The number of carbonyl (C=O) groups excluding carboxylic acids is 1. The Labute approximate surface area is 183 Å². The van der Waals surface area contributed by atoms with E-state index in [0.29, 0.717) is 29.0 Å². The maximum absolute atomic E-state index is 13.2. The molecule has 0 bridgehead atoms. The molecule has 9 heteroatoms. The zero-order valence-electron chi connectivity index (χ0n) is 16.4. The van der Waals surface area contributed by atoms with E-state index < -0.39 is 10.0 Å². The van der Waals surface area contributed by atoms with E-state index in [2.05, 4.69) is 14.1 Å². The number of rotatable bonds is 4. The van der Waals surface area contributed by atoms with Crippen LogP contribution in [0.5, 0.6) is 0 Å². The minimum absolute atomic E-state index is 0.252. The molecule has 7 nitrogen and oxygen atoms in total. The van der Waals surface area contributed by atoms with Crippen LogP contribution in [0, 0.1) is 0 Å². The molecule has 0 saturated carbocycles. The quantitative estimate of drug-likeness (QED) is 0.506. The van der Waals surface area contributed by atoms with Crippen molar-refractivity contribution in [1.29, 1.82) is 0 Å². The lowest BCUT2D eigenvalue weighted by Crippen LogP contribution is -2.35. The SMILES string of the molecule is O=C(Nc1ccc2c(c1)N(S(=O)(=O)c1ccccc1)CCC2)c1ccc2nsnc2c1. The Morgan fingerprint density at radius 2 is 1.77 bits per heavy atom. The number of nitrogens with one attached hydrogen (secondary N) is 1. The average Bonchev–Trinajstić information content (AvgIpc) is 3.27. The number of anilines is 2. The molecule has 0 saturated heterocycles. The van der Waals surface area contributed by atoms with Gasteiger partial charge in [-0.3, -0.25) is 9.10 Å². The highest BCUT2D eigenvalue weighted by Crippen LogP contribution is 2.34. The third-order valence-electron chi connectivity index (χ3n) is 5.27. The minimum atomic E-state index is -3.68. The van der Waals surface area contributed by atoms with Gasteiger partial charge in [0.2, 0.25) is 0 Å². The Balaban J connectivity index is 1.46. The van der Waals surface area contributed by atoms with Gasteiger partial charge in [-0.1, -0.05) is 24.3 Å². The van der Waals surface area contributed by atoms with E-state index in [1.54, 1.807) is 60.7 Å². The fourth-order valence-electron chi connectivity index (χ4n) is 3.71. The van der Waals surface area contributed by atoms with E-state index in [1.807, 2.05) is 6.07 Å². The molecule has 1 aromatic heterocycles. The molecule has 0 radical (unpaired) electrons. The third kappa shape index (κ3) is 3.66. The van der Waals surface area contributed by atoms with Gasteiger partial charge in [-0.05, 0) is 60.9 Å². The highest BCUT2D eigenvalue weighted by molar-refractivity contribution is 7.92. The number of aromatic nitrogens is 2. The van der Waals surface area contributed by atoms with Crippen molar-refractivity contribution in [2.45, 2.75) is 17.7 Å². The lowest BCUT2D eigenvalue weighted by molar-refractivity contribution is 0.102. The van der Waals surface area contributed by atoms with Gasteiger partial charge in [-0.15, -0.1) is 0 Å². The summed E-state index contributed by atoms with van der Waals surface area (Å²) in [5, 5.41) is 2.87. The van der Waals surface area contributed by atoms with Crippen LogP contribution in [0.1, 0.15) is 22.3 Å². The number of aryl methyl sites for hydroxylation is 1. The molecule has 0 aliphatic carbocycles. The van der Waals surface area contributed by atoms with Gasteiger partial charge in [0.1, 0.15) is 11.0 Å². The summed E-state index contributed by atoms with van der Waals surface area (Å²) < 4.78 is 36.2. The van der Waals surface area contributed by atoms with Crippen molar-refractivity contribution >= 4 is 50.1 Å². The lowest BCUT2D eigenvalue weighted by atomic mass is 10.0. The topological polar surface area (TPSA) is 92.3 Å². The number of benzene rings is 3. The molecule has 156 valence electrons. The second-order valence-electron chi connectivity index (χ2n) is 7.26. The highest BCUT2D eigenvalue weighted by atomic mass is 32.2. The van der Waals surface area contributed by atoms with Crippen LogP contribution in [0.4, 0.5) is 11.4 Å². The summed E-state index contributed by atoms with van der Waals surface area (Å²) in [4.78, 5) is 13.0. The Bertz CT molecular complexity index is 1380. The van der Waals surface area contributed by atoms with Gasteiger partial charge in [0.15, 0.2) is 0 Å². The van der Waals surface area contributed by atoms with Gasteiger partial charge in [-0.2, -0.15) is 8.75 Å². The van der Waals surface area contributed by atoms with E-state index in [-0.39, 0.29) is 10.8 Å². The van der Waals surface area contributed by atoms with E-state index >= 15 is 0 Å². The monoisotopic (exact) mass is 450 g/mol. The van der Waals surface area contributed by atoms with Crippen molar-refractivity contribution in [3.63, 3.8) is 0 Å². The van der Waals surface area contributed by atoms with Gasteiger partial charge >= 0.3 is 0 Å². The second kappa shape index (κ2) is 7.75. The first-order valence-electron chi connectivity index (χ1n) is 9.77. The van der Waals surface area contributed by atoms with Crippen LogP contribution in [-0.4, -0.2) is 29.6 Å².